The predicted molar refractivity (Wildman–Crippen MR) is 118 cm³/mol. The maximum absolute atomic E-state index is 12.1. The average Bonchev–Trinajstić information content (AvgIpc) is 3.12. The van der Waals surface area contributed by atoms with Crippen molar-refractivity contribution in [1.29, 1.82) is 0 Å². The molecule has 0 fully saturated rings. The molecular formula is C23H21N3O3S. The van der Waals surface area contributed by atoms with E-state index in [1.165, 1.54) is 17.8 Å². The van der Waals surface area contributed by atoms with Crippen LogP contribution in [0, 0.1) is 13.8 Å². The van der Waals surface area contributed by atoms with E-state index in [0.717, 1.165) is 33.9 Å². The van der Waals surface area contributed by atoms with Gasteiger partial charge in [-0.3, -0.25) is 4.79 Å². The van der Waals surface area contributed by atoms with Crippen molar-refractivity contribution in [3.05, 3.63) is 82.0 Å². The first kappa shape index (κ1) is 20.0. The van der Waals surface area contributed by atoms with E-state index in [0.29, 0.717) is 22.5 Å². The molecule has 0 aliphatic heterocycles. The summed E-state index contributed by atoms with van der Waals surface area (Å²) in [5, 5.41) is 0.535. The topological polar surface area (TPSA) is 81.0 Å². The number of aryl methyl sites for hydroxylation is 2. The van der Waals surface area contributed by atoms with Crippen LogP contribution in [0.2, 0.25) is 0 Å². The minimum absolute atomic E-state index is 0.198. The molecule has 0 amide bonds. The summed E-state index contributed by atoms with van der Waals surface area (Å²) in [5.74, 6) is 2.66. The Labute approximate surface area is 178 Å². The fourth-order valence-electron chi connectivity index (χ4n) is 3.04. The summed E-state index contributed by atoms with van der Waals surface area (Å²) in [4.78, 5) is 24.2. The number of methoxy groups -OCH3 is 1. The molecular weight excluding hydrogens is 398 g/mol. The Bertz CT molecular complexity index is 1230. The minimum atomic E-state index is -0.198. The van der Waals surface area contributed by atoms with E-state index in [4.69, 9.17) is 9.15 Å². The van der Waals surface area contributed by atoms with Gasteiger partial charge < -0.3 is 14.1 Å². The van der Waals surface area contributed by atoms with Crippen LogP contribution in [0.5, 0.6) is 5.75 Å². The minimum Gasteiger partial charge on any atom is -0.497 e. The molecule has 30 heavy (non-hydrogen) atoms. The maximum Gasteiger partial charge on any atom is 0.252 e. The lowest BCUT2D eigenvalue weighted by Gasteiger charge is -2.05. The molecule has 7 heteroatoms. The quantitative estimate of drug-likeness (QED) is 0.349. The molecule has 1 N–H and O–H groups in total. The molecule has 6 nitrogen and oxygen atoms in total. The molecule has 4 rings (SSSR count). The summed E-state index contributed by atoms with van der Waals surface area (Å²) in [6, 6.07) is 16.9. The van der Waals surface area contributed by atoms with E-state index in [2.05, 4.69) is 15.0 Å². The fraction of sp³-hybridized carbons (Fsp3) is 0.174. The number of hydrogen-bond donors (Lipinski definition) is 1. The number of aromatic nitrogens is 3. The van der Waals surface area contributed by atoms with E-state index in [1.807, 2.05) is 62.4 Å². The highest BCUT2D eigenvalue weighted by Gasteiger charge is 2.14. The van der Waals surface area contributed by atoms with Crippen LogP contribution in [0.4, 0.5) is 0 Å². The van der Waals surface area contributed by atoms with Crippen LogP contribution < -0.4 is 10.3 Å². The highest BCUT2D eigenvalue weighted by atomic mass is 32.2. The van der Waals surface area contributed by atoms with Crippen LogP contribution in [-0.4, -0.2) is 22.1 Å². The van der Waals surface area contributed by atoms with Crippen molar-refractivity contribution in [3.63, 3.8) is 0 Å². The lowest BCUT2D eigenvalue weighted by atomic mass is 10.1. The second-order valence-electron chi connectivity index (χ2n) is 6.79. The van der Waals surface area contributed by atoms with E-state index in [1.54, 1.807) is 7.11 Å². The zero-order valence-electron chi connectivity index (χ0n) is 16.9. The largest absolute Gasteiger partial charge is 0.497 e. The van der Waals surface area contributed by atoms with Crippen LogP contribution in [0.1, 0.15) is 17.0 Å². The molecule has 0 radical (unpaired) electrons. The third kappa shape index (κ3) is 4.31. The Morgan fingerprint density at radius 3 is 2.57 bits per heavy atom. The highest BCUT2D eigenvalue weighted by molar-refractivity contribution is 7.98. The smallest absolute Gasteiger partial charge is 0.252 e. The number of thioether (sulfide) groups is 1. The van der Waals surface area contributed by atoms with Crippen molar-refractivity contribution < 1.29 is 9.15 Å². The van der Waals surface area contributed by atoms with Gasteiger partial charge in [-0.25, -0.2) is 9.97 Å². The molecule has 4 aromatic rings. The van der Waals surface area contributed by atoms with Crippen molar-refractivity contribution in [2.75, 3.05) is 7.11 Å². The van der Waals surface area contributed by atoms with E-state index in [9.17, 15) is 4.79 Å². The zero-order valence-corrected chi connectivity index (χ0v) is 17.7. The van der Waals surface area contributed by atoms with Gasteiger partial charge in [0.2, 0.25) is 5.89 Å². The number of nitrogens with zero attached hydrogens (tertiary/aromatic N) is 2. The Balaban J connectivity index is 1.55. The fourth-order valence-corrected chi connectivity index (χ4v) is 3.92. The van der Waals surface area contributed by atoms with Crippen LogP contribution in [-0.2, 0) is 5.75 Å². The molecule has 0 atom stereocenters. The first-order valence-electron chi connectivity index (χ1n) is 9.44. The molecule has 0 bridgehead atoms. The second-order valence-corrected chi connectivity index (χ2v) is 7.75. The summed E-state index contributed by atoms with van der Waals surface area (Å²) in [7, 11) is 1.62. The number of ether oxygens (including phenoxy) is 1. The molecule has 2 heterocycles. The standard InChI is InChI=1S/C23H21N3O3S/c1-14-6-4-5-7-18(14)22-24-20(15(2)29-22)13-30-23-25-19(12-21(27)26-23)16-8-10-17(28-3)11-9-16/h4-12H,13H2,1-3H3,(H,25,26,27). The van der Waals surface area contributed by atoms with Crippen LogP contribution >= 0.6 is 11.8 Å². The summed E-state index contributed by atoms with van der Waals surface area (Å²) in [5.41, 5.74) is 4.18. The third-order valence-electron chi connectivity index (χ3n) is 4.72. The van der Waals surface area contributed by atoms with Crippen LogP contribution in [0.3, 0.4) is 0 Å². The predicted octanol–water partition coefficient (Wildman–Crippen LogP) is 5.01. The van der Waals surface area contributed by atoms with Crippen LogP contribution in [0.25, 0.3) is 22.7 Å². The van der Waals surface area contributed by atoms with Gasteiger partial charge in [0.05, 0.1) is 18.5 Å². The normalized spacial score (nSPS) is 10.9. The summed E-state index contributed by atoms with van der Waals surface area (Å²) >= 11 is 1.42. The van der Waals surface area contributed by atoms with Crippen molar-refractivity contribution >= 4 is 11.8 Å². The number of oxazole rings is 1. The van der Waals surface area contributed by atoms with Gasteiger partial charge in [-0.1, -0.05) is 30.0 Å². The molecule has 0 aliphatic carbocycles. The number of aromatic amines is 1. The Kier molecular flexibility index (Phi) is 5.72. The van der Waals surface area contributed by atoms with Gasteiger partial charge >= 0.3 is 0 Å². The molecule has 0 saturated carbocycles. The second kappa shape index (κ2) is 8.59. The van der Waals surface area contributed by atoms with Gasteiger partial charge in [0.25, 0.3) is 5.56 Å². The van der Waals surface area contributed by atoms with E-state index >= 15 is 0 Å². The Hall–Kier alpha value is -3.32. The van der Waals surface area contributed by atoms with Crippen molar-refractivity contribution in [2.24, 2.45) is 0 Å². The van der Waals surface area contributed by atoms with Gasteiger partial charge in [0, 0.05) is 22.9 Å². The molecule has 0 saturated heterocycles. The molecule has 2 aromatic carbocycles. The van der Waals surface area contributed by atoms with Gasteiger partial charge in [0.1, 0.15) is 11.5 Å². The molecule has 0 spiro atoms. The number of benzene rings is 2. The zero-order chi connectivity index (χ0) is 21.1. The summed E-state index contributed by atoms with van der Waals surface area (Å²) in [6.07, 6.45) is 0. The number of hydrogen-bond acceptors (Lipinski definition) is 6. The Morgan fingerprint density at radius 1 is 1.07 bits per heavy atom. The van der Waals surface area contributed by atoms with Crippen molar-refractivity contribution in [1.82, 2.24) is 15.0 Å². The van der Waals surface area contributed by atoms with Gasteiger partial charge in [-0.05, 0) is 49.7 Å². The Morgan fingerprint density at radius 2 is 1.83 bits per heavy atom. The highest BCUT2D eigenvalue weighted by Crippen LogP contribution is 2.28. The number of H-pyrrole nitrogens is 1. The maximum atomic E-state index is 12.1. The van der Waals surface area contributed by atoms with Gasteiger partial charge in [-0.2, -0.15) is 0 Å². The molecule has 0 unspecified atom stereocenters. The van der Waals surface area contributed by atoms with E-state index < -0.39 is 0 Å². The van der Waals surface area contributed by atoms with Crippen molar-refractivity contribution in [3.8, 4) is 28.5 Å². The first-order valence-corrected chi connectivity index (χ1v) is 10.4. The third-order valence-corrected chi connectivity index (χ3v) is 5.60. The number of rotatable bonds is 6. The van der Waals surface area contributed by atoms with E-state index in [-0.39, 0.29) is 5.56 Å². The lowest BCUT2D eigenvalue weighted by molar-refractivity contribution is 0.415. The first-order chi connectivity index (χ1) is 14.5. The van der Waals surface area contributed by atoms with Crippen molar-refractivity contribution in [2.45, 2.75) is 24.8 Å². The monoisotopic (exact) mass is 419 g/mol. The SMILES string of the molecule is COc1ccc(-c2cc(=O)[nH]c(SCc3nc(-c4ccccc4C)oc3C)n2)cc1. The summed E-state index contributed by atoms with van der Waals surface area (Å²) < 4.78 is 11.1. The average molecular weight is 420 g/mol. The molecule has 0 aliphatic rings. The number of nitrogens with one attached hydrogen (secondary N) is 1. The van der Waals surface area contributed by atoms with Gasteiger partial charge in [0.15, 0.2) is 5.16 Å². The molecule has 152 valence electrons. The summed E-state index contributed by atoms with van der Waals surface area (Å²) in [6.45, 7) is 3.93. The van der Waals surface area contributed by atoms with Gasteiger partial charge in [-0.15, -0.1) is 0 Å². The lowest BCUT2D eigenvalue weighted by Crippen LogP contribution is -2.08. The van der Waals surface area contributed by atoms with Crippen LogP contribution in [0.15, 0.2) is 69.0 Å². The molecule has 2 aromatic heterocycles.